The fraction of sp³-hybridized carbons (Fsp3) is 0.455. The van der Waals surface area contributed by atoms with Crippen LogP contribution < -0.4 is 10.5 Å². The van der Waals surface area contributed by atoms with Crippen LogP contribution in [-0.4, -0.2) is 33.6 Å². The summed E-state index contributed by atoms with van der Waals surface area (Å²) in [5.74, 6) is -0.169. The van der Waals surface area contributed by atoms with Gasteiger partial charge in [0.25, 0.3) is 0 Å². The summed E-state index contributed by atoms with van der Waals surface area (Å²) in [7, 11) is -3.06. The van der Waals surface area contributed by atoms with E-state index in [-0.39, 0.29) is 12.4 Å². The first-order chi connectivity index (χ1) is 7.90. The Morgan fingerprint density at radius 2 is 2.06 bits per heavy atom. The van der Waals surface area contributed by atoms with Gasteiger partial charge in [-0.1, -0.05) is 0 Å². The number of halogens is 1. The summed E-state index contributed by atoms with van der Waals surface area (Å²) in [4.78, 5) is 0. The third-order valence-electron chi connectivity index (χ3n) is 2.09. The normalized spacial score (nSPS) is 11.5. The van der Waals surface area contributed by atoms with Gasteiger partial charge in [-0.15, -0.1) is 0 Å². The molecule has 1 aromatic rings. The number of benzene rings is 1. The molecule has 1 rings (SSSR count). The highest BCUT2D eigenvalue weighted by Gasteiger charge is 2.05. The van der Waals surface area contributed by atoms with Gasteiger partial charge in [0, 0.05) is 12.3 Å². The lowest BCUT2D eigenvalue weighted by molar-refractivity contribution is 0.338. The van der Waals surface area contributed by atoms with Crippen LogP contribution in [-0.2, 0) is 16.3 Å². The lowest BCUT2D eigenvalue weighted by Gasteiger charge is -2.07. The molecule has 0 amide bonds. The van der Waals surface area contributed by atoms with E-state index in [9.17, 15) is 12.8 Å². The van der Waals surface area contributed by atoms with E-state index in [2.05, 4.69) is 0 Å². The first kappa shape index (κ1) is 13.9. The van der Waals surface area contributed by atoms with Gasteiger partial charge in [0.1, 0.15) is 18.2 Å². The number of hydrogen-bond acceptors (Lipinski definition) is 4. The van der Waals surface area contributed by atoms with Gasteiger partial charge in [-0.25, -0.2) is 12.8 Å². The number of sulfone groups is 1. The molecule has 0 atom stereocenters. The van der Waals surface area contributed by atoms with E-state index in [1.165, 1.54) is 12.1 Å². The van der Waals surface area contributed by atoms with E-state index < -0.39 is 15.7 Å². The molecule has 0 aliphatic rings. The van der Waals surface area contributed by atoms with E-state index in [1.807, 2.05) is 0 Å². The van der Waals surface area contributed by atoms with Crippen molar-refractivity contribution in [1.82, 2.24) is 0 Å². The summed E-state index contributed by atoms with van der Waals surface area (Å²) in [6.07, 6.45) is 1.68. The maximum Gasteiger partial charge on any atom is 0.150 e. The van der Waals surface area contributed by atoms with Gasteiger partial charge in [0.2, 0.25) is 0 Å². The molecule has 2 N–H and O–H groups in total. The third-order valence-corrected chi connectivity index (χ3v) is 3.00. The molecule has 96 valence electrons. The summed E-state index contributed by atoms with van der Waals surface area (Å²) in [5.41, 5.74) is 6.11. The molecule has 0 saturated heterocycles. The average molecular weight is 261 g/mol. The van der Waals surface area contributed by atoms with Crippen molar-refractivity contribution in [2.45, 2.75) is 6.42 Å². The zero-order valence-electron chi connectivity index (χ0n) is 9.65. The first-order valence-corrected chi connectivity index (χ1v) is 7.27. The smallest absolute Gasteiger partial charge is 0.150 e. The highest BCUT2D eigenvalue weighted by atomic mass is 32.2. The van der Waals surface area contributed by atoms with Crippen molar-refractivity contribution >= 4 is 9.84 Å². The zero-order valence-corrected chi connectivity index (χ0v) is 10.5. The van der Waals surface area contributed by atoms with Gasteiger partial charge < -0.3 is 10.5 Å². The summed E-state index contributed by atoms with van der Waals surface area (Å²) in [5, 5.41) is 0. The number of ether oxygens (including phenoxy) is 1. The third kappa shape index (κ3) is 5.65. The Morgan fingerprint density at radius 1 is 1.35 bits per heavy atom. The minimum atomic E-state index is -3.06. The van der Waals surface area contributed by atoms with Crippen molar-refractivity contribution < 1.29 is 17.5 Å². The van der Waals surface area contributed by atoms with Crippen molar-refractivity contribution in [3.05, 3.63) is 29.6 Å². The predicted molar refractivity (Wildman–Crippen MR) is 64.4 cm³/mol. The second-order valence-corrected chi connectivity index (χ2v) is 6.07. The molecular formula is C11H16FNO3S. The van der Waals surface area contributed by atoms with Crippen LogP contribution in [0.2, 0.25) is 0 Å². The largest absolute Gasteiger partial charge is 0.492 e. The fourth-order valence-corrected chi connectivity index (χ4v) is 1.71. The molecule has 0 saturated carbocycles. The van der Waals surface area contributed by atoms with Gasteiger partial charge >= 0.3 is 0 Å². The summed E-state index contributed by atoms with van der Waals surface area (Å²) in [6.45, 7) is 0.441. The molecule has 0 bridgehead atoms. The highest BCUT2D eigenvalue weighted by Crippen LogP contribution is 2.16. The van der Waals surface area contributed by atoms with E-state index in [0.29, 0.717) is 18.7 Å². The van der Waals surface area contributed by atoms with Crippen LogP contribution in [0.5, 0.6) is 5.75 Å². The topological polar surface area (TPSA) is 69.4 Å². The standard InChI is InChI=1S/C11H16FNO3S/c1-17(14,15)5-4-16-11-7-9(2-3-13)6-10(12)8-11/h6-8H,2-5,13H2,1H3. The molecule has 4 nitrogen and oxygen atoms in total. The minimum Gasteiger partial charge on any atom is -0.492 e. The minimum absolute atomic E-state index is 0.0182. The highest BCUT2D eigenvalue weighted by molar-refractivity contribution is 7.90. The van der Waals surface area contributed by atoms with E-state index in [0.717, 1.165) is 11.8 Å². The molecule has 0 unspecified atom stereocenters. The van der Waals surface area contributed by atoms with Crippen LogP contribution in [0, 0.1) is 5.82 Å². The Morgan fingerprint density at radius 3 is 2.65 bits per heavy atom. The van der Waals surface area contributed by atoms with Crippen molar-refractivity contribution in [1.29, 1.82) is 0 Å². The van der Waals surface area contributed by atoms with Crippen LogP contribution in [0.25, 0.3) is 0 Å². The molecule has 0 heterocycles. The molecule has 6 heteroatoms. The monoisotopic (exact) mass is 261 g/mol. The maximum absolute atomic E-state index is 13.2. The molecule has 0 radical (unpaired) electrons. The molecule has 1 aromatic carbocycles. The average Bonchev–Trinajstić information content (AvgIpc) is 2.15. The lowest BCUT2D eigenvalue weighted by Crippen LogP contribution is -2.12. The van der Waals surface area contributed by atoms with Crippen LogP contribution >= 0.6 is 0 Å². The SMILES string of the molecule is CS(=O)(=O)CCOc1cc(F)cc(CCN)c1. The molecule has 0 aliphatic carbocycles. The Kier molecular flexibility index (Phi) is 4.89. The number of rotatable bonds is 6. The van der Waals surface area contributed by atoms with Crippen LogP contribution in [0.15, 0.2) is 18.2 Å². The van der Waals surface area contributed by atoms with Gasteiger partial charge in [0.05, 0.1) is 5.75 Å². The van der Waals surface area contributed by atoms with E-state index in [4.69, 9.17) is 10.5 Å². The molecule has 0 aromatic heterocycles. The Labute approximate surface area is 101 Å². The van der Waals surface area contributed by atoms with Gasteiger partial charge in [-0.3, -0.25) is 0 Å². The molecular weight excluding hydrogens is 245 g/mol. The summed E-state index contributed by atoms with van der Waals surface area (Å²) in [6, 6.07) is 4.27. The maximum atomic E-state index is 13.2. The number of nitrogens with two attached hydrogens (primary N) is 1. The molecule has 0 aliphatic heterocycles. The second-order valence-electron chi connectivity index (χ2n) is 3.81. The quantitative estimate of drug-likeness (QED) is 0.820. The van der Waals surface area contributed by atoms with Crippen molar-refractivity contribution in [3.63, 3.8) is 0 Å². The molecule has 17 heavy (non-hydrogen) atoms. The summed E-state index contributed by atoms with van der Waals surface area (Å²) >= 11 is 0. The van der Waals surface area contributed by atoms with Gasteiger partial charge in [-0.2, -0.15) is 0 Å². The van der Waals surface area contributed by atoms with Gasteiger partial charge in [-0.05, 0) is 30.7 Å². The van der Waals surface area contributed by atoms with Gasteiger partial charge in [0.15, 0.2) is 9.84 Å². The lowest BCUT2D eigenvalue weighted by atomic mass is 10.1. The molecule has 0 spiro atoms. The van der Waals surface area contributed by atoms with Crippen molar-refractivity contribution in [2.24, 2.45) is 5.73 Å². The van der Waals surface area contributed by atoms with E-state index in [1.54, 1.807) is 6.07 Å². The van der Waals surface area contributed by atoms with Crippen LogP contribution in [0.4, 0.5) is 4.39 Å². The molecule has 0 fully saturated rings. The Hall–Kier alpha value is -1.14. The Balaban J connectivity index is 2.64. The predicted octanol–water partition coefficient (Wildman–Crippen LogP) is 0.750. The zero-order chi connectivity index (χ0) is 12.9. The first-order valence-electron chi connectivity index (χ1n) is 5.21. The fourth-order valence-electron chi connectivity index (χ4n) is 1.33. The number of hydrogen-bond donors (Lipinski definition) is 1. The van der Waals surface area contributed by atoms with Crippen LogP contribution in [0.1, 0.15) is 5.56 Å². The second kappa shape index (κ2) is 5.97. The summed E-state index contributed by atoms with van der Waals surface area (Å²) < 4.78 is 40.1. The van der Waals surface area contributed by atoms with E-state index >= 15 is 0 Å². The van der Waals surface area contributed by atoms with Crippen molar-refractivity contribution in [2.75, 3.05) is 25.2 Å². The van der Waals surface area contributed by atoms with Crippen LogP contribution in [0.3, 0.4) is 0 Å². The van der Waals surface area contributed by atoms with Crippen molar-refractivity contribution in [3.8, 4) is 5.75 Å². The Bertz CT molecular complexity index is 474.